The lowest BCUT2D eigenvalue weighted by Gasteiger charge is -2.24. The van der Waals surface area contributed by atoms with E-state index in [4.69, 9.17) is 27.4 Å². The van der Waals surface area contributed by atoms with Crippen LogP contribution in [0.4, 0.5) is 0 Å². The summed E-state index contributed by atoms with van der Waals surface area (Å²) < 4.78 is 0. The number of nitrogens with one attached hydrogen (secondary N) is 5. The van der Waals surface area contributed by atoms with Crippen LogP contribution in [0.25, 0.3) is 0 Å². The Hall–Kier alpha value is -4.40. The van der Waals surface area contributed by atoms with E-state index in [1.165, 1.54) is 0 Å². The van der Waals surface area contributed by atoms with Gasteiger partial charge in [-0.25, -0.2) is 4.79 Å². The van der Waals surface area contributed by atoms with Gasteiger partial charge in [0.25, 0.3) is 0 Å². The van der Waals surface area contributed by atoms with Gasteiger partial charge in [0.1, 0.15) is 24.2 Å². The molecule has 0 spiro atoms. The minimum Gasteiger partial charge on any atom is -0.480 e. The number of rotatable bonds is 18. The number of carboxylic acid groups (broad SMARTS) is 1. The third-order valence-electron chi connectivity index (χ3n) is 4.67. The van der Waals surface area contributed by atoms with E-state index in [2.05, 4.69) is 5.32 Å². The molecule has 0 saturated carbocycles. The third kappa shape index (κ3) is 13.1. The van der Waals surface area contributed by atoms with E-state index in [0.29, 0.717) is 0 Å². The monoisotopic (exact) mass is 564 g/mol. The van der Waals surface area contributed by atoms with Crippen LogP contribution >= 0.6 is 0 Å². The summed E-state index contributed by atoms with van der Waals surface area (Å²) in [6, 6.07) is -8.38. The van der Waals surface area contributed by atoms with Crippen molar-refractivity contribution < 1.29 is 58.8 Å². The van der Waals surface area contributed by atoms with Gasteiger partial charge in [-0.1, -0.05) is 0 Å². The zero-order chi connectivity index (χ0) is 30.3. The van der Waals surface area contributed by atoms with E-state index in [-0.39, 0.29) is 0 Å². The quantitative estimate of drug-likeness (QED) is 0.0736. The summed E-state index contributed by atoms with van der Waals surface area (Å²) >= 11 is 0. The van der Waals surface area contributed by atoms with Crippen molar-refractivity contribution in [3.63, 3.8) is 0 Å². The summed E-state index contributed by atoms with van der Waals surface area (Å²) in [7, 11) is 0. The Balaban J connectivity index is 5.21. The first-order valence-corrected chi connectivity index (χ1v) is 11.0. The van der Waals surface area contributed by atoms with E-state index < -0.39 is 117 Å². The predicted octanol–water partition coefficient (Wildman–Crippen LogP) is -8.82. The van der Waals surface area contributed by atoms with Crippen molar-refractivity contribution in [2.45, 2.75) is 43.1 Å². The van der Waals surface area contributed by atoms with E-state index in [0.717, 1.165) is 0 Å². The Kier molecular flexibility index (Phi) is 15.2. The molecule has 0 aromatic carbocycles. The fourth-order valence-corrected chi connectivity index (χ4v) is 2.65. The fraction of sp³-hybridized carbons (Fsp3) is 0.579. The number of aliphatic carboxylic acids is 1. The normalized spacial score (nSPS) is 14.4. The van der Waals surface area contributed by atoms with Gasteiger partial charge >= 0.3 is 5.97 Å². The molecule has 15 N–H and O–H groups in total. The van der Waals surface area contributed by atoms with E-state index in [1.54, 1.807) is 0 Å². The molecule has 20 heteroatoms. The minimum atomic E-state index is -1.80. The predicted molar refractivity (Wildman–Crippen MR) is 125 cm³/mol. The Morgan fingerprint density at radius 1 is 0.590 bits per heavy atom. The first kappa shape index (κ1) is 34.6. The number of carboxylic acids is 1. The molecule has 0 fully saturated rings. The molecule has 220 valence electrons. The smallest absolute Gasteiger partial charge is 0.328 e. The molecule has 0 rings (SSSR count). The molecule has 0 unspecified atom stereocenters. The van der Waals surface area contributed by atoms with Crippen molar-refractivity contribution in [1.29, 1.82) is 0 Å². The molecule has 0 aliphatic rings. The average Bonchev–Trinajstić information content (AvgIpc) is 2.85. The highest BCUT2D eigenvalue weighted by Crippen LogP contribution is 1.98. The Labute approximate surface area is 220 Å². The molecule has 0 aliphatic carbocycles. The van der Waals surface area contributed by atoms with Crippen LogP contribution in [0.15, 0.2) is 0 Å². The zero-order valence-corrected chi connectivity index (χ0v) is 20.4. The first-order valence-electron chi connectivity index (χ1n) is 11.0. The lowest BCUT2D eigenvalue weighted by Crippen LogP contribution is -2.60. The van der Waals surface area contributed by atoms with Crippen molar-refractivity contribution in [1.82, 2.24) is 26.6 Å². The van der Waals surface area contributed by atoms with Crippen molar-refractivity contribution in [3.8, 4) is 0 Å². The molecule has 20 nitrogen and oxygen atoms in total. The van der Waals surface area contributed by atoms with Crippen LogP contribution in [0.3, 0.4) is 0 Å². The standard InChI is InChI=1S/C19H32N8O12/c20-7(1-12(21)31)15(34)23-3-14(33)24-9(4-28)17(36)26-10(5-29)18(37)25-8(2-13(22)32)16(35)27-11(6-30)19(38)39/h7-11,28-30H,1-6,20H2,(H2,21,31)(H2,22,32)(H,23,34)(H,24,33)(H,25,37)(H,26,36)(H,27,35)(H,38,39)/t7-,8-,9-,10-,11-/m0/s1. The van der Waals surface area contributed by atoms with E-state index in [1.807, 2.05) is 21.3 Å². The van der Waals surface area contributed by atoms with Gasteiger partial charge in [-0.2, -0.15) is 0 Å². The van der Waals surface area contributed by atoms with Crippen LogP contribution in [-0.4, -0.2) is 124 Å². The molecule has 0 aromatic heterocycles. The largest absolute Gasteiger partial charge is 0.480 e. The number of carbonyl (C=O) groups excluding carboxylic acids is 7. The summed E-state index contributed by atoms with van der Waals surface area (Å²) in [5.41, 5.74) is 15.3. The summed E-state index contributed by atoms with van der Waals surface area (Å²) in [6.45, 7) is -3.83. The molecule has 0 radical (unpaired) electrons. The van der Waals surface area contributed by atoms with Crippen molar-refractivity contribution in [3.05, 3.63) is 0 Å². The van der Waals surface area contributed by atoms with Crippen LogP contribution < -0.4 is 43.8 Å². The molecule has 39 heavy (non-hydrogen) atoms. The Morgan fingerprint density at radius 2 is 1.00 bits per heavy atom. The fourth-order valence-electron chi connectivity index (χ4n) is 2.65. The van der Waals surface area contributed by atoms with E-state index in [9.17, 15) is 48.6 Å². The lowest BCUT2D eigenvalue weighted by atomic mass is 10.1. The van der Waals surface area contributed by atoms with Gasteiger partial charge in [-0.15, -0.1) is 0 Å². The van der Waals surface area contributed by atoms with Gasteiger partial charge in [0, 0.05) is 0 Å². The first-order chi connectivity index (χ1) is 18.2. The van der Waals surface area contributed by atoms with Gasteiger partial charge < -0.3 is 64.2 Å². The summed E-state index contributed by atoms with van der Waals surface area (Å²) in [5, 5.41) is 46.8. The lowest BCUT2D eigenvalue weighted by molar-refractivity contribution is -0.143. The molecule has 0 saturated heterocycles. The number of aliphatic hydroxyl groups excluding tert-OH is 3. The van der Waals surface area contributed by atoms with Gasteiger partial charge in [0.15, 0.2) is 0 Å². The van der Waals surface area contributed by atoms with Gasteiger partial charge in [-0.3, -0.25) is 33.6 Å². The molecule has 0 aromatic rings. The Bertz CT molecular complexity index is 945. The minimum absolute atomic E-state index is 0.497. The number of amides is 7. The number of hydrogen-bond acceptors (Lipinski definition) is 12. The van der Waals surface area contributed by atoms with Crippen molar-refractivity contribution in [2.24, 2.45) is 17.2 Å². The van der Waals surface area contributed by atoms with Crippen LogP contribution in [0.2, 0.25) is 0 Å². The van der Waals surface area contributed by atoms with Gasteiger partial charge in [-0.05, 0) is 0 Å². The summed E-state index contributed by atoms with van der Waals surface area (Å²) in [5.74, 6) is -9.16. The van der Waals surface area contributed by atoms with Crippen LogP contribution in [-0.2, 0) is 38.4 Å². The highest BCUT2D eigenvalue weighted by molar-refractivity contribution is 5.97. The third-order valence-corrected chi connectivity index (χ3v) is 4.67. The van der Waals surface area contributed by atoms with Crippen LogP contribution in [0, 0.1) is 0 Å². The van der Waals surface area contributed by atoms with Crippen molar-refractivity contribution >= 4 is 47.3 Å². The molecule has 0 aliphatic heterocycles. The van der Waals surface area contributed by atoms with Gasteiger partial charge in [0.05, 0.1) is 45.2 Å². The maximum absolute atomic E-state index is 12.5. The second-order valence-electron chi connectivity index (χ2n) is 7.85. The molecular weight excluding hydrogens is 532 g/mol. The maximum atomic E-state index is 12.5. The maximum Gasteiger partial charge on any atom is 0.328 e. The number of carbonyl (C=O) groups is 8. The van der Waals surface area contributed by atoms with Crippen LogP contribution in [0.1, 0.15) is 12.8 Å². The summed E-state index contributed by atoms with van der Waals surface area (Å²) in [6.07, 6.45) is -1.32. The Morgan fingerprint density at radius 3 is 1.44 bits per heavy atom. The second kappa shape index (κ2) is 17.2. The number of primary amides is 2. The SMILES string of the molecule is NC(=O)C[C@H](NC(=O)[C@H](CO)NC(=O)[C@H](CO)NC(=O)CNC(=O)[C@@H](N)CC(N)=O)C(=O)N[C@@H](CO)C(=O)O. The number of aliphatic hydroxyl groups is 3. The highest BCUT2D eigenvalue weighted by atomic mass is 16.4. The topological polar surface area (TPSA) is 356 Å². The van der Waals surface area contributed by atoms with E-state index >= 15 is 0 Å². The number of nitrogens with two attached hydrogens (primary N) is 3. The second-order valence-corrected chi connectivity index (χ2v) is 7.85. The molecule has 0 bridgehead atoms. The molecule has 5 atom stereocenters. The molecular formula is C19H32N8O12. The molecule has 7 amide bonds. The zero-order valence-electron chi connectivity index (χ0n) is 20.4. The van der Waals surface area contributed by atoms with Gasteiger partial charge in [0.2, 0.25) is 41.4 Å². The molecule has 0 heterocycles. The number of hydrogen-bond donors (Lipinski definition) is 12. The average molecular weight is 565 g/mol. The highest BCUT2D eigenvalue weighted by Gasteiger charge is 2.31. The van der Waals surface area contributed by atoms with Crippen molar-refractivity contribution in [2.75, 3.05) is 26.4 Å². The van der Waals surface area contributed by atoms with Crippen LogP contribution in [0.5, 0.6) is 0 Å². The summed E-state index contributed by atoms with van der Waals surface area (Å²) in [4.78, 5) is 94.1.